The van der Waals surface area contributed by atoms with Crippen molar-refractivity contribution in [2.45, 2.75) is 32.1 Å². The molecule has 0 spiro atoms. The molecule has 1 aliphatic carbocycles. The van der Waals surface area contributed by atoms with Crippen molar-refractivity contribution >= 4 is 24.1 Å². The number of nitrogens with zero attached hydrogens (tertiary/aromatic N) is 1. The highest BCUT2D eigenvalue weighted by Crippen LogP contribution is 2.45. The summed E-state index contributed by atoms with van der Waals surface area (Å²) >= 11 is 0. The van der Waals surface area contributed by atoms with Crippen LogP contribution in [0.5, 0.6) is 0 Å². The van der Waals surface area contributed by atoms with Gasteiger partial charge in [-0.2, -0.15) is 0 Å². The summed E-state index contributed by atoms with van der Waals surface area (Å²) in [4.78, 5) is 0. The topological polar surface area (TPSA) is 29.4 Å². The lowest BCUT2D eigenvalue weighted by molar-refractivity contribution is 0.445. The van der Waals surface area contributed by atoms with Crippen LogP contribution in [0.2, 0.25) is 0 Å². The molecule has 0 unspecified atom stereocenters. The second-order valence-electron chi connectivity index (χ2n) is 5.91. The fourth-order valence-electron chi connectivity index (χ4n) is 3.01. The summed E-state index contributed by atoms with van der Waals surface area (Å²) in [6.07, 6.45) is 8.16. The van der Waals surface area contributed by atoms with Crippen molar-refractivity contribution in [2.24, 2.45) is 10.7 Å². The third-order valence-corrected chi connectivity index (χ3v) is 6.76. The fourth-order valence-corrected chi connectivity index (χ4v) is 5.11. The molecule has 3 heteroatoms. The summed E-state index contributed by atoms with van der Waals surface area (Å²) in [5.41, 5.74) is 0. The van der Waals surface area contributed by atoms with Crippen molar-refractivity contribution < 1.29 is 4.57 Å². The van der Waals surface area contributed by atoms with Crippen molar-refractivity contribution in [3.8, 4) is 0 Å². The highest BCUT2D eigenvalue weighted by atomic mass is 31.2. The van der Waals surface area contributed by atoms with Gasteiger partial charge in [0.2, 0.25) is 7.29 Å². The van der Waals surface area contributed by atoms with Crippen LogP contribution >= 0.6 is 7.29 Å². The lowest BCUT2D eigenvalue weighted by atomic mass is 9.90. The van der Waals surface area contributed by atoms with E-state index < -0.39 is 7.29 Å². The van der Waals surface area contributed by atoms with E-state index in [4.69, 9.17) is 0 Å². The first-order valence-electron chi connectivity index (χ1n) is 8.06. The minimum absolute atomic E-state index is 0.481. The van der Waals surface area contributed by atoms with Crippen molar-refractivity contribution in [1.82, 2.24) is 0 Å². The summed E-state index contributed by atoms with van der Waals surface area (Å²) in [6.45, 7) is 0. The Morgan fingerprint density at radius 1 is 0.818 bits per heavy atom. The maximum atomic E-state index is 13.7. The smallest absolute Gasteiger partial charge is 0.247 e. The number of benzene rings is 2. The number of hydrogen-bond acceptors (Lipinski definition) is 1. The molecule has 0 atom stereocenters. The van der Waals surface area contributed by atoms with Crippen LogP contribution in [0.15, 0.2) is 65.4 Å². The van der Waals surface area contributed by atoms with Crippen LogP contribution in [-0.4, -0.2) is 6.21 Å². The van der Waals surface area contributed by atoms with E-state index in [1.54, 1.807) is 0 Å². The summed E-state index contributed by atoms with van der Waals surface area (Å²) in [5, 5.41) is 1.63. The van der Waals surface area contributed by atoms with E-state index in [9.17, 15) is 4.57 Å². The van der Waals surface area contributed by atoms with E-state index in [0.29, 0.717) is 5.92 Å². The van der Waals surface area contributed by atoms with E-state index in [1.165, 1.54) is 32.1 Å². The van der Waals surface area contributed by atoms with Gasteiger partial charge in [0.15, 0.2) is 0 Å². The average Bonchev–Trinajstić information content (AvgIpc) is 2.62. The third-order valence-electron chi connectivity index (χ3n) is 4.30. The van der Waals surface area contributed by atoms with Gasteiger partial charge < -0.3 is 0 Å². The van der Waals surface area contributed by atoms with E-state index in [1.807, 2.05) is 66.9 Å². The molecule has 0 amide bonds. The number of rotatable bonds is 4. The standard InChI is InChI=1S/C19H22NOP/c21-22(18-12-6-2-7-13-18,19-14-8-3-9-15-19)20-16-17-10-4-1-5-11-17/h2-3,6-9,12-17H,1,4-5,10-11H2. The molecule has 0 aliphatic heterocycles. The van der Waals surface area contributed by atoms with Gasteiger partial charge in [-0.15, -0.1) is 0 Å². The Bertz CT molecular complexity index is 617. The quantitative estimate of drug-likeness (QED) is 0.601. The molecule has 0 aromatic heterocycles. The molecule has 0 radical (unpaired) electrons. The molecule has 2 nitrogen and oxygen atoms in total. The van der Waals surface area contributed by atoms with Crippen LogP contribution in [0.4, 0.5) is 0 Å². The Balaban J connectivity index is 1.96. The van der Waals surface area contributed by atoms with E-state index >= 15 is 0 Å². The lowest BCUT2D eigenvalue weighted by Crippen LogP contribution is -2.15. The zero-order valence-electron chi connectivity index (χ0n) is 12.8. The van der Waals surface area contributed by atoms with Gasteiger partial charge in [-0.25, -0.2) is 4.76 Å². The first-order valence-corrected chi connectivity index (χ1v) is 9.72. The summed E-state index contributed by atoms with van der Waals surface area (Å²) in [7, 11) is -2.92. The average molecular weight is 311 g/mol. The van der Waals surface area contributed by atoms with Crippen LogP contribution < -0.4 is 10.6 Å². The Kier molecular flexibility index (Phi) is 4.90. The van der Waals surface area contributed by atoms with Gasteiger partial charge >= 0.3 is 0 Å². The maximum absolute atomic E-state index is 13.7. The molecule has 1 saturated carbocycles. The molecular formula is C19H22NOP. The van der Waals surface area contributed by atoms with Gasteiger partial charge in [-0.1, -0.05) is 55.7 Å². The SMILES string of the molecule is O=P(N=CC1CCCCC1)(c1ccccc1)c1ccccc1. The van der Waals surface area contributed by atoms with Gasteiger partial charge in [-0.3, -0.25) is 4.57 Å². The summed E-state index contributed by atoms with van der Waals surface area (Å²) in [5.74, 6) is 0.481. The molecule has 114 valence electrons. The molecule has 3 rings (SSSR count). The largest absolute Gasteiger partial charge is 0.288 e. The van der Waals surface area contributed by atoms with Crippen molar-refractivity contribution in [3.63, 3.8) is 0 Å². The van der Waals surface area contributed by atoms with E-state index in [2.05, 4.69) is 4.76 Å². The zero-order valence-corrected chi connectivity index (χ0v) is 13.7. The fraction of sp³-hybridized carbons (Fsp3) is 0.316. The monoisotopic (exact) mass is 311 g/mol. The first kappa shape index (κ1) is 15.2. The highest BCUT2D eigenvalue weighted by Gasteiger charge is 2.26. The summed E-state index contributed by atoms with van der Waals surface area (Å²) < 4.78 is 18.3. The molecule has 22 heavy (non-hydrogen) atoms. The number of hydrogen-bond donors (Lipinski definition) is 0. The Morgan fingerprint density at radius 3 is 1.82 bits per heavy atom. The van der Waals surface area contributed by atoms with Gasteiger partial charge in [-0.05, 0) is 43.0 Å². The molecule has 1 aliphatic rings. The predicted octanol–water partition coefficient (Wildman–Crippen LogP) is 4.57. The Hall–Kier alpha value is -1.66. The molecule has 0 saturated heterocycles. The molecule has 0 N–H and O–H groups in total. The van der Waals surface area contributed by atoms with Gasteiger partial charge in [0.25, 0.3) is 0 Å². The van der Waals surface area contributed by atoms with Crippen molar-refractivity contribution in [1.29, 1.82) is 0 Å². The van der Waals surface area contributed by atoms with Crippen LogP contribution in [0.3, 0.4) is 0 Å². The second kappa shape index (κ2) is 7.07. The van der Waals surface area contributed by atoms with Crippen molar-refractivity contribution in [3.05, 3.63) is 60.7 Å². The predicted molar refractivity (Wildman–Crippen MR) is 94.8 cm³/mol. The molecular weight excluding hydrogens is 289 g/mol. The molecule has 0 heterocycles. The molecule has 0 bridgehead atoms. The Labute approximate surface area is 132 Å². The van der Waals surface area contributed by atoms with Crippen LogP contribution in [0.25, 0.3) is 0 Å². The van der Waals surface area contributed by atoms with Gasteiger partial charge in [0.05, 0.1) is 0 Å². The van der Waals surface area contributed by atoms with Crippen LogP contribution in [-0.2, 0) is 4.57 Å². The zero-order chi connectivity index (χ0) is 15.3. The van der Waals surface area contributed by atoms with Crippen molar-refractivity contribution in [2.75, 3.05) is 0 Å². The third kappa shape index (κ3) is 3.39. The lowest BCUT2D eigenvalue weighted by Gasteiger charge is -2.19. The second-order valence-corrected chi connectivity index (χ2v) is 8.33. The normalized spacial score (nSPS) is 16.9. The summed E-state index contributed by atoms with van der Waals surface area (Å²) in [6, 6.07) is 19.3. The first-order chi connectivity index (χ1) is 10.8. The highest BCUT2D eigenvalue weighted by molar-refractivity contribution is 7.77. The van der Waals surface area contributed by atoms with E-state index in [0.717, 1.165) is 10.6 Å². The van der Waals surface area contributed by atoms with Crippen LogP contribution in [0.1, 0.15) is 32.1 Å². The minimum atomic E-state index is -2.92. The Morgan fingerprint density at radius 2 is 1.32 bits per heavy atom. The van der Waals surface area contributed by atoms with Gasteiger partial charge in [0.1, 0.15) is 0 Å². The van der Waals surface area contributed by atoms with E-state index in [-0.39, 0.29) is 0 Å². The minimum Gasteiger partial charge on any atom is -0.288 e. The molecule has 1 fully saturated rings. The molecule has 2 aromatic rings. The maximum Gasteiger partial charge on any atom is 0.247 e. The molecule has 2 aromatic carbocycles. The van der Waals surface area contributed by atoms with Crippen LogP contribution in [0, 0.1) is 5.92 Å². The van der Waals surface area contributed by atoms with Gasteiger partial charge in [0, 0.05) is 16.8 Å².